The lowest BCUT2D eigenvalue weighted by atomic mass is 9.86. The molecule has 0 aliphatic carbocycles. The van der Waals surface area contributed by atoms with Gasteiger partial charge in [-0.1, -0.05) is 11.2 Å². The van der Waals surface area contributed by atoms with Crippen molar-refractivity contribution in [1.29, 1.82) is 0 Å². The maximum atomic E-state index is 13.3. The number of benzene rings is 2. The fraction of sp³-hybridized carbons (Fsp3) is 0.409. The molecule has 5 rings (SSSR count). The number of hydrogen-bond acceptors (Lipinski definition) is 8. The van der Waals surface area contributed by atoms with Gasteiger partial charge < -0.3 is 23.5 Å². The van der Waals surface area contributed by atoms with Crippen molar-refractivity contribution in [2.45, 2.75) is 30.1 Å². The molecule has 0 amide bonds. The zero-order chi connectivity index (χ0) is 22.3. The van der Waals surface area contributed by atoms with Gasteiger partial charge in [-0.15, -0.1) is 0 Å². The van der Waals surface area contributed by atoms with Gasteiger partial charge in [-0.05, 0) is 42.5 Å². The monoisotopic (exact) mass is 460 g/mol. The summed E-state index contributed by atoms with van der Waals surface area (Å²) >= 11 is 0. The van der Waals surface area contributed by atoms with Crippen LogP contribution >= 0.6 is 0 Å². The summed E-state index contributed by atoms with van der Waals surface area (Å²) in [4.78, 5) is -0.113. The Kier molecular flexibility index (Phi) is 5.34. The number of sulfonamides is 1. The van der Waals surface area contributed by atoms with E-state index < -0.39 is 10.0 Å². The molecule has 170 valence electrons. The maximum absolute atomic E-state index is 13.3. The molecule has 32 heavy (non-hydrogen) atoms. The largest absolute Gasteiger partial charge is 0.495 e. The van der Waals surface area contributed by atoms with Gasteiger partial charge in [0.25, 0.3) is 10.0 Å². The molecule has 0 spiro atoms. The average Bonchev–Trinajstić information content (AvgIpc) is 3.45. The third-order valence-electron chi connectivity index (χ3n) is 6.00. The van der Waals surface area contributed by atoms with Crippen molar-refractivity contribution < 1.29 is 31.9 Å². The van der Waals surface area contributed by atoms with Gasteiger partial charge >= 0.3 is 0 Å². The first-order valence-electron chi connectivity index (χ1n) is 10.4. The van der Waals surface area contributed by atoms with Crippen LogP contribution in [0.15, 0.2) is 33.7 Å². The third kappa shape index (κ3) is 3.43. The number of ether oxygens (including phenoxy) is 4. The number of rotatable bonds is 6. The van der Waals surface area contributed by atoms with E-state index in [0.29, 0.717) is 29.2 Å². The van der Waals surface area contributed by atoms with Crippen molar-refractivity contribution in [3.63, 3.8) is 0 Å². The normalized spacial score (nSPS) is 16.6. The standard InChI is InChI=1S/C22H24N2O7S/c1-27-16-4-3-5-17(28-2)21(16)32(25,26)24-22-19-18(31-23-22)12-15(13-6-9-29-10-7-13)14-8-11-30-20(14)19/h3-5,12-13H,6-11H2,1-2H3,(H,23,24). The van der Waals surface area contributed by atoms with Crippen LogP contribution in [0.1, 0.15) is 29.9 Å². The topological polar surface area (TPSA) is 109 Å². The molecule has 2 aliphatic rings. The van der Waals surface area contributed by atoms with Crippen LogP contribution in [0.25, 0.3) is 11.0 Å². The van der Waals surface area contributed by atoms with Crippen LogP contribution in [-0.4, -0.2) is 47.6 Å². The highest BCUT2D eigenvalue weighted by Crippen LogP contribution is 2.45. The summed E-state index contributed by atoms with van der Waals surface area (Å²) in [5, 5.41) is 4.55. The van der Waals surface area contributed by atoms with Crippen molar-refractivity contribution in [3.05, 3.63) is 35.4 Å². The van der Waals surface area contributed by atoms with Crippen LogP contribution in [0.2, 0.25) is 0 Å². The van der Waals surface area contributed by atoms with E-state index in [1.807, 2.05) is 6.07 Å². The lowest BCUT2D eigenvalue weighted by Gasteiger charge is -2.24. The van der Waals surface area contributed by atoms with E-state index in [4.69, 9.17) is 23.5 Å². The number of fused-ring (bicyclic) bond motifs is 3. The molecular formula is C22H24N2O7S. The number of nitrogens with one attached hydrogen (secondary N) is 1. The van der Waals surface area contributed by atoms with E-state index in [0.717, 1.165) is 38.0 Å². The molecule has 1 fully saturated rings. The van der Waals surface area contributed by atoms with E-state index in [1.54, 1.807) is 18.2 Å². The molecule has 0 unspecified atom stereocenters. The van der Waals surface area contributed by atoms with Crippen LogP contribution in [0, 0.1) is 0 Å². The Morgan fingerprint density at radius 1 is 1.09 bits per heavy atom. The molecule has 1 aromatic heterocycles. The predicted molar refractivity (Wildman–Crippen MR) is 116 cm³/mol. The van der Waals surface area contributed by atoms with Gasteiger partial charge in [0.15, 0.2) is 16.3 Å². The first kappa shape index (κ1) is 20.9. The fourth-order valence-electron chi connectivity index (χ4n) is 4.51. The average molecular weight is 461 g/mol. The first-order chi connectivity index (χ1) is 15.5. The summed E-state index contributed by atoms with van der Waals surface area (Å²) in [6, 6.07) is 6.73. The second-order valence-electron chi connectivity index (χ2n) is 7.76. The molecule has 10 heteroatoms. The van der Waals surface area contributed by atoms with Crippen LogP contribution in [0.5, 0.6) is 17.2 Å². The van der Waals surface area contributed by atoms with Crippen molar-refractivity contribution in [2.75, 3.05) is 38.8 Å². The highest BCUT2D eigenvalue weighted by Gasteiger charge is 2.32. The summed E-state index contributed by atoms with van der Waals surface area (Å²) < 4.78 is 56.7. The maximum Gasteiger partial charge on any atom is 0.270 e. The molecule has 0 saturated carbocycles. The van der Waals surface area contributed by atoms with Crippen LogP contribution in [-0.2, 0) is 21.2 Å². The minimum Gasteiger partial charge on any atom is -0.495 e. The van der Waals surface area contributed by atoms with Crippen LogP contribution in [0.3, 0.4) is 0 Å². The molecule has 0 atom stereocenters. The van der Waals surface area contributed by atoms with Gasteiger partial charge in [0, 0.05) is 25.2 Å². The molecule has 3 aromatic rings. The molecule has 3 heterocycles. The van der Waals surface area contributed by atoms with Crippen LogP contribution < -0.4 is 18.9 Å². The lowest BCUT2D eigenvalue weighted by molar-refractivity contribution is 0.0852. The second kappa shape index (κ2) is 8.18. The Bertz CT molecular complexity index is 1240. The van der Waals surface area contributed by atoms with Gasteiger partial charge in [-0.3, -0.25) is 4.72 Å². The fourth-order valence-corrected chi connectivity index (χ4v) is 5.83. The highest BCUT2D eigenvalue weighted by atomic mass is 32.2. The van der Waals surface area contributed by atoms with E-state index in [-0.39, 0.29) is 22.2 Å². The van der Waals surface area contributed by atoms with E-state index >= 15 is 0 Å². The highest BCUT2D eigenvalue weighted by molar-refractivity contribution is 7.93. The van der Waals surface area contributed by atoms with Gasteiger partial charge in [0.1, 0.15) is 22.6 Å². The van der Waals surface area contributed by atoms with Gasteiger partial charge in [0.2, 0.25) is 0 Å². The Morgan fingerprint density at radius 2 is 1.81 bits per heavy atom. The predicted octanol–water partition coefficient (Wildman–Crippen LogP) is 3.47. The molecule has 9 nitrogen and oxygen atoms in total. The Labute approximate surface area is 185 Å². The Balaban J connectivity index is 1.59. The Hall–Kier alpha value is -2.98. The first-order valence-corrected chi connectivity index (χ1v) is 11.9. The molecule has 0 bridgehead atoms. The van der Waals surface area contributed by atoms with Crippen molar-refractivity contribution in [1.82, 2.24) is 5.16 Å². The summed E-state index contributed by atoms with van der Waals surface area (Å²) in [5.41, 5.74) is 2.74. The number of methoxy groups -OCH3 is 2. The summed E-state index contributed by atoms with van der Waals surface area (Å²) in [6.07, 6.45) is 2.62. The quantitative estimate of drug-likeness (QED) is 0.596. The number of aromatic nitrogens is 1. The van der Waals surface area contributed by atoms with E-state index in [1.165, 1.54) is 19.8 Å². The molecule has 2 aliphatic heterocycles. The molecule has 1 saturated heterocycles. The zero-order valence-corrected chi connectivity index (χ0v) is 18.7. The second-order valence-corrected chi connectivity index (χ2v) is 9.38. The summed E-state index contributed by atoms with van der Waals surface area (Å²) in [5.74, 6) is 1.38. The summed E-state index contributed by atoms with van der Waals surface area (Å²) in [6.45, 7) is 1.98. The molecule has 0 radical (unpaired) electrons. The van der Waals surface area contributed by atoms with E-state index in [9.17, 15) is 8.42 Å². The van der Waals surface area contributed by atoms with E-state index in [2.05, 4.69) is 9.88 Å². The van der Waals surface area contributed by atoms with Crippen LogP contribution in [0.4, 0.5) is 5.82 Å². The number of nitrogens with zero attached hydrogens (tertiary/aromatic N) is 1. The van der Waals surface area contributed by atoms with Crippen molar-refractivity contribution >= 4 is 26.8 Å². The smallest absolute Gasteiger partial charge is 0.270 e. The minimum absolute atomic E-state index is 0.0737. The Morgan fingerprint density at radius 3 is 2.50 bits per heavy atom. The van der Waals surface area contributed by atoms with Crippen molar-refractivity contribution in [3.8, 4) is 17.2 Å². The molecule has 2 aromatic carbocycles. The zero-order valence-electron chi connectivity index (χ0n) is 17.8. The number of anilines is 1. The SMILES string of the molecule is COc1cccc(OC)c1S(=O)(=O)Nc1noc2cc(C3CCOCC3)c3c(c12)OCC3. The third-order valence-corrected chi connectivity index (χ3v) is 7.40. The lowest BCUT2D eigenvalue weighted by Crippen LogP contribution is -2.16. The molecule has 1 N–H and O–H groups in total. The summed E-state index contributed by atoms with van der Waals surface area (Å²) in [7, 11) is -1.30. The minimum atomic E-state index is -4.10. The van der Waals surface area contributed by atoms with Gasteiger partial charge in [-0.2, -0.15) is 0 Å². The van der Waals surface area contributed by atoms with Crippen molar-refractivity contribution in [2.24, 2.45) is 0 Å². The van der Waals surface area contributed by atoms with Gasteiger partial charge in [0.05, 0.1) is 20.8 Å². The molecular weight excluding hydrogens is 436 g/mol. The number of hydrogen-bond donors (Lipinski definition) is 1. The van der Waals surface area contributed by atoms with Gasteiger partial charge in [-0.25, -0.2) is 8.42 Å².